The minimum absolute atomic E-state index is 0.0337. The molecular weight excluding hydrogens is 355 g/mol. The maximum Gasteiger partial charge on any atom is 0.437 e. The molecule has 144 valence electrons. The second-order valence-electron chi connectivity index (χ2n) is 6.73. The maximum absolute atomic E-state index is 13.0. The molecule has 1 aromatic heterocycles. The van der Waals surface area contributed by atoms with Gasteiger partial charge in [0.2, 0.25) is 11.8 Å². The number of nitrogens with one attached hydrogen (secondary N) is 2. The first-order valence-corrected chi connectivity index (χ1v) is 8.86. The van der Waals surface area contributed by atoms with Gasteiger partial charge in [-0.2, -0.15) is 4.68 Å². The number of rotatable bonds is 4. The van der Waals surface area contributed by atoms with Crippen LogP contribution in [0.2, 0.25) is 0 Å². The van der Waals surface area contributed by atoms with Crippen LogP contribution in [0, 0.1) is 11.7 Å². The van der Waals surface area contributed by atoms with Crippen molar-refractivity contribution in [1.82, 2.24) is 20.4 Å². The zero-order chi connectivity index (χ0) is 19.4. The van der Waals surface area contributed by atoms with E-state index in [1.165, 1.54) is 24.3 Å². The molecule has 2 N–H and O–H groups in total. The second-order valence-corrected chi connectivity index (χ2v) is 6.73. The zero-order valence-corrected chi connectivity index (χ0v) is 14.9. The minimum atomic E-state index is -0.842. The highest BCUT2D eigenvalue weighted by Gasteiger charge is 2.23. The molecule has 1 aliphatic carbocycles. The van der Waals surface area contributed by atoms with Crippen LogP contribution < -0.4 is 16.4 Å². The van der Waals surface area contributed by atoms with Crippen LogP contribution in [-0.4, -0.2) is 27.8 Å². The molecule has 1 heterocycles. The number of benzene rings is 1. The summed E-state index contributed by atoms with van der Waals surface area (Å²) in [6, 6.07) is 4.67. The van der Waals surface area contributed by atoms with Gasteiger partial charge in [-0.05, 0) is 43.0 Å². The fraction of sp³-hybridized carbons (Fsp3) is 0.444. The van der Waals surface area contributed by atoms with E-state index in [-0.39, 0.29) is 11.9 Å². The van der Waals surface area contributed by atoms with Crippen molar-refractivity contribution in [3.05, 3.63) is 40.6 Å². The van der Waals surface area contributed by atoms with E-state index in [9.17, 15) is 18.8 Å². The molecule has 9 heteroatoms. The fourth-order valence-corrected chi connectivity index (χ4v) is 3.15. The lowest BCUT2D eigenvalue weighted by molar-refractivity contribution is -0.120. The third-order valence-electron chi connectivity index (χ3n) is 4.67. The first kappa shape index (κ1) is 18.8. The summed E-state index contributed by atoms with van der Waals surface area (Å²) in [4.78, 5) is 35.9. The summed E-state index contributed by atoms with van der Waals surface area (Å²) in [7, 11) is 0. The smallest absolute Gasteiger partial charge is 0.388 e. The first-order valence-electron chi connectivity index (χ1n) is 8.86. The number of amides is 3. The predicted molar refractivity (Wildman–Crippen MR) is 94.3 cm³/mol. The van der Waals surface area contributed by atoms with Crippen LogP contribution in [0.3, 0.4) is 0 Å². The van der Waals surface area contributed by atoms with Crippen LogP contribution in [-0.2, 0) is 11.3 Å². The molecular formula is C18H21FN4O4. The number of aromatic nitrogens is 2. The number of urea groups is 1. The Hall–Kier alpha value is -2.97. The lowest BCUT2D eigenvalue weighted by atomic mass is 9.86. The molecule has 1 aromatic carbocycles. The van der Waals surface area contributed by atoms with Crippen molar-refractivity contribution >= 4 is 11.9 Å². The van der Waals surface area contributed by atoms with Crippen molar-refractivity contribution in [2.75, 3.05) is 0 Å². The molecule has 3 amide bonds. The highest BCUT2D eigenvalue weighted by Crippen LogP contribution is 2.23. The van der Waals surface area contributed by atoms with Gasteiger partial charge in [-0.25, -0.2) is 14.0 Å². The summed E-state index contributed by atoms with van der Waals surface area (Å²) in [5.41, 5.74) is 0.400. The first-order chi connectivity index (χ1) is 12.9. The standard InChI is InChI=1S/C18H21FN4O4/c1-11-4-2-3-5-14(11)20-17(25)21-15(24)10-23-18(26)27-16(22-23)12-6-8-13(19)9-7-12/h6-9,11,14H,2-5,10H2,1H3,(H2,20,21,24,25). The Morgan fingerprint density at radius 2 is 1.96 bits per heavy atom. The SMILES string of the molecule is CC1CCCCC1NC(=O)NC(=O)Cn1nc(-c2ccc(F)cc2)oc1=O. The molecule has 2 atom stereocenters. The Labute approximate surface area is 154 Å². The highest BCUT2D eigenvalue weighted by molar-refractivity contribution is 5.94. The van der Waals surface area contributed by atoms with E-state index >= 15 is 0 Å². The Balaban J connectivity index is 1.58. The molecule has 27 heavy (non-hydrogen) atoms. The van der Waals surface area contributed by atoms with Gasteiger partial charge in [0.15, 0.2) is 0 Å². The number of carbonyl (C=O) groups excluding carboxylic acids is 2. The van der Waals surface area contributed by atoms with Crippen LogP contribution >= 0.6 is 0 Å². The molecule has 2 aromatic rings. The summed E-state index contributed by atoms with van der Waals surface area (Å²) < 4.78 is 18.7. The van der Waals surface area contributed by atoms with E-state index in [1.54, 1.807) is 0 Å². The van der Waals surface area contributed by atoms with Gasteiger partial charge in [0, 0.05) is 11.6 Å². The highest BCUT2D eigenvalue weighted by atomic mass is 19.1. The van der Waals surface area contributed by atoms with Crippen LogP contribution in [0.5, 0.6) is 0 Å². The summed E-state index contributed by atoms with van der Waals surface area (Å²) in [5.74, 6) is -1.63. The quantitative estimate of drug-likeness (QED) is 0.849. The van der Waals surface area contributed by atoms with Gasteiger partial charge in [0.05, 0.1) is 0 Å². The lowest BCUT2D eigenvalue weighted by Gasteiger charge is -2.29. The molecule has 0 spiro atoms. The molecule has 0 saturated heterocycles. The number of carbonyl (C=O) groups is 2. The van der Waals surface area contributed by atoms with Crippen LogP contribution in [0.15, 0.2) is 33.5 Å². The molecule has 0 aliphatic heterocycles. The lowest BCUT2D eigenvalue weighted by Crippen LogP contribution is -2.48. The van der Waals surface area contributed by atoms with Crippen molar-refractivity contribution in [2.45, 2.75) is 45.2 Å². The largest absolute Gasteiger partial charge is 0.437 e. The number of hydrogen-bond acceptors (Lipinski definition) is 5. The third kappa shape index (κ3) is 4.81. The van der Waals surface area contributed by atoms with Crippen molar-refractivity contribution in [3.63, 3.8) is 0 Å². The number of hydrogen-bond donors (Lipinski definition) is 2. The molecule has 0 radical (unpaired) electrons. The van der Waals surface area contributed by atoms with Gasteiger partial charge in [-0.15, -0.1) is 5.10 Å². The number of nitrogens with zero attached hydrogens (tertiary/aromatic N) is 2. The fourth-order valence-electron chi connectivity index (χ4n) is 3.15. The Morgan fingerprint density at radius 1 is 1.26 bits per heavy atom. The van der Waals surface area contributed by atoms with E-state index in [1.807, 2.05) is 0 Å². The minimum Gasteiger partial charge on any atom is -0.388 e. The number of imide groups is 1. The summed E-state index contributed by atoms with van der Waals surface area (Å²) in [6.45, 7) is 1.61. The van der Waals surface area contributed by atoms with Crippen molar-refractivity contribution in [1.29, 1.82) is 0 Å². The molecule has 1 fully saturated rings. The average molecular weight is 376 g/mol. The summed E-state index contributed by atoms with van der Waals surface area (Å²) in [5, 5.41) is 8.91. The summed E-state index contributed by atoms with van der Waals surface area (Å²) in [6.07, 6.45) is 4.11. The Bertz CT molecular complexity index is 874. The van der Waals surface area contributed by atoms with Gasteiger partial charge in [0.1, 0.15) is 12.4 Å². The van der Waals surface area contributed by atoms with Crippen LogP contribution in [0.4, 0.5) is 9.18 Å². The monoisotopic (exact) mass is 376 g/mol. The van der Waals surface area contributed by atoms with E-state index in [0.717, 1.165) is 30.4 Å². The van der Waals surface area contributed by atoms with Gasteiger partial charge < -0.3 is 9.73 Å². The van der Waals surface area contributed by atoms with Crippen molar-refractivity contribution in [2.24, 2.45) is 5.92 Å². The Morgan fingerprint density at radius 3 is 2.67 bits per heavy atom. The van der Waals surface area contributed by atoms with Crippen LogP contribution in [0.25, 0.3) is 11.5 Å². The van der Waals surface area contributed by atoms with E-state index < -0.39 is 30.1 Å². The van der Waals surface area contributed by atoms with Crippen LogP contribution in [0.1, 0.15) is 32.6 Å². The third-order valence-corrected chi connectivity index (χ3v) is 4.67. The van der Waals surface area contributed by atoms with Gasteiger partial charge >= 0.3 is 11.8 Å². The topological polar surface area (TPSA) is 106 Å². The molecule has 3 rings (SSSR count). The van der Waals surface area contributed by atoms with Gasteiger partial charge in [0.25, 0.3) is 0 Å². The number of halogens is 1. The normalized spacial score (nSPS) is 19.5. The van der Waals surface area contributed by atoms with Crippen molar-refractivity contribution in [3.8, 4) is 11.5 Å². The Kier molecular flexibility index (Phi) is 5.68. The molecule has 0 bridgehead atoms. The predicted octanol–water partition coefficient (Wildman–Crippen LogP) is 2.05. The molecule has 8 nitrogen and oxygen atoms in total. The molecule has 2 unspecified atom stereocenters. The van der Waals surface area contributed by atoms with E-state index in [4.69, 9.17) is 4.42 Å². The summed E-state index contributed by atoms with van der Waals surface area (Å²) >= 11 is 0. The van der Waals surface area contributed by atoms with Crippen molar-refractivity contribution < 1.29 is 18.4 Å². The van der Waals surface area contributed by atoms with Gasteiger partial charge in [-0.1, -0.05) is 19.8 Å². The van der Waals surface area contributed by atoms with Gasteiger partial charge in [-0.3, -0.25) is 10.1 Å². The molecule has 1 aliphatic rings. The molecule has 1 saturated carbocycles. The van der Waals surface area contributed by atoms with E-state index in [2.05, 4.69) is 22.7 Å². The average Bonchev–Trinajstić information content (AvgIpc) is 2.98. The zero-order valence-electron chi connectivity index (χ0n) is 14.9. The maximum atomic E-state index is 13.0. The second kappa shape index (κ2) is 8.15. The van der Waals surface area contributed by atoms with E-state index in [0.29, 0.717) is 11.5 Å².